The van der Waals surface area contributed by atoms with Gasteiger partial charge >= 0.3 is 21.5 Å². The fourth-order valence-electron chi connectivity index (χ4n) is 0.950. The lowest BCUT2D eigenvalue weighted by Gasteiger charge is -2.13. The average molecular weight is 278 g/mol. The second kappa shape index (κ2) is 5.08. The largest absolute Gasteiger partial charge is 0.508 e. The summed E-state index contributed by atoms with van der Waals surface area (Å²) in [6.07, 6.45) is -1.82. The van der Waals surface area contributed by atoms with E-state index in [1.807, 2.05) is 0 Å². The van der Waals surface area contributed by atoms with E-state index in [-0.39, 0.29) is 13.0 Å². The highest BCUT2D eigenvalue weighted by molar-refractivity contribution is 7.87. The number of rotatable bonds is 6. The standard InChI is InChI=1S/C7H9F3O6S/c8-4-7(9,10)17(12,13)15-2-1-5-3-14-6(11)16-5/h5H,1-4H2. The molecule has 1 saturated heterocycles. The Hall–Kier alpha value is -1.03. The maximum Gasteiger partial charge on any atom is 0.508 e. The normalized spacial score (nSPS) is 21.1. The van der Waals surface area contributed by atoms with Crippen LogP contribution < -0.4 is 0 Å². The molecule has 0 aromatic carbocycles. The molecule has 1 unspecified atom stereocenters. The Morgan fingerprint density at radius 1 is 1.47 bits per heavy atom. The van der Waals surface area contributed by atoms with Crippen LogP contribution in [0.2, 0.25) is 0 Å². The molecule has 1 rings (SSSR count). The first kappa shape index (κ1) is 14.0. The molecule has 0 radical (unpaired) electrons. The molecule has 0 N–H and O–H groups in total. The molecule has 0 aromatic heterocycles. The van der Waals surface area contributed by atoms with Crippen LogP contribution in [0.3, 0.4) is 0 Å². The van der Waals surface area contributed by atoms with Crippen LogP contribution in [0, 0.1) is 0 Å². The van der Waals surface area contributed by atoms with E-state index in [0.29, 0.717) is 0 Å². The summed E-state index contributed by atoms with van der Waals surface area (Å²) in [5.74, 6) is 0. The Balaban J connectivity index is 2.38. The third-order valence-corrected chi connectivity index (χ3v) is 3.17. The Bertz CT molecular complexity index is 381. The van der Waals surface area contributed by atoms with Gasteiger partial charge in [0.15, 0.2) is 6.67 Å². The van der Waals surface area contributed by atoms with E-state index in [4.69, 9.17) is 0 Å². The molecule has 10 heteroatoms. The summed E-state index contributed by atoms with van der Waals surface area (Å²) in [5, 5.41) is -4.57. The van der Waals surface area contributed by atoms with E-state index >= 15 is 0 Å². The van der Waals surface area contributed by atoms with E-state index in [0.717, 1.165) is 0 Å². The maximum atomic E-state index is 12.5. The first-order chi connectivity index (χ1) is 7.78. The first-order valence-corrected chi connectivity index (χ1v) is 5.85. The molecule has 0 amide bonds. The van der Waals surface area contributed by atoms with Crippen LogP contribution in [0.15, 0.2) is 0 Å². The van der Waals surface area contributed by atoms with Gasteiger partial charge in [0.1, 0.15) is 12.7 Å². The second-order valence-corrected chi connectivity index (χ2v) is 4.88. The number of carbonyl (C=O) groups excluding carboxylic acids is 1. The lowest BCUT2D eigenvalue weighted by atomic mass is 10.3. The lowest BCUT2D eigenvalue weighted by Crippen LogP contribution is -2.33. The summed E-state index contributed by atoms with van der Waals surface area (Å²) in [7, 11) is -5.30. The topological polar surface area (TPSA) is 78.9 Å². The molecule has 100 valence electrons. The van der Waals surface area contributed by atoms with E-state index in [2.05, 4.69) is 13.7 Å². The molecule has 1 fully saturated rings. The van der Waals surface area contributed by atoms with Crippen molar-refractivity contribution in [2.24, 2.45) is 0 Å². The minimum Gasteiger partial charge on any atom is -0.430 e. The third-order valence-electron chi connectivity index (χ3n) is 1.85. The number of alkyl halides is 3. The summed E-state index contributed by atoms with van der Waals surface area (Å²) in [4.78, 5) is 10.4. The Morgan fingerprint density at radius 2 is 2.12 bits per heavy atom. The van der Waals surface area contributed by atoms with Crippen molar-refractivity contribution in [3.05, 3.63) is 0 Å². The van der Waals surface area contributed by atoms with Crippen molar-refractivity contribution < 1.29 is 40.0 Å². The second-order valence-electron chi connectivity index (χ2n) is 3.14. The summed E-state index contributed by atoms with van der Waals surface area (Å²) in [5.41, 5.74) is 0. The van der Waals surface area contributed by atoms with Crippen LogP contribution in [0.5, 0.6) is 0 Å². The molecule has 1 aliphatic heterocycles. The van der Waals surface area contributed by atoms with Gasteiger partial charge in [0.25, 0.3) is 0 Å². The molecule has 0 aromatic rings. The Kier molecular flexibility index (Phi) is 4.20. The number of ether oxygens (including phenoxy) is 2. The van der Waals surface area contributed by atoms with Gasteiger partial charge in [-0.1, -0.05) is 0 Å². The van der Waals surface area contributed by atoms with Gasteiger partial charge < -0.3 is 9.47 Å². The predicted molar refractivity (Wildman–Crippen MR) is 46.6 cm³/mol. The summed E-state index contributed by atoms with van der Waals surface area (Å²) in [6, 6.07) is 0. The molecule has 0 bridgehead atoms. The van der Waals surface area contributed by atoms with E-state index in [9.17, 15) is 26.4 Å². The van der Waals surface area contributed by atoms with Gasteiger partial charge in [-0.05, 0) is 0 Å². The predicted octanol–water partition coefficient (Wildman–Crippen LogP) is 0.821. The summed E-state index contributed by atoms with van der Waals surface area (Å²) in [6.45, 7) is -3.13. The highest BCUT2D eigenvalue weighted by atomic mass is 32.2. The molecule has 0 saturated carbocycles. The monoisotopic (exact) mass is 278 g/mol. The third kappa shape index (κ3) is 3.46. The van der Waals surface area contributed by atoms with Crippen molar-refractivity contribution in [2.45, 2.75) is 17.8 Å². The Morgan fingerprint density at radius 3 is 2.59 bits per heavy atom. The highest BCUT2D eigenvalue weighted by Gasteiger charge is 2.46. The minimum absolute atomic E-state index is 0.109. The number of carbonyl (C=O) groups is 1. The van der Waals surface area contributed by atoms with E-state index < -0.39 is 40.9 Å². The molecule has 17 heavy (non-hydrogen) atoms. The van der Waals surface area contributed by atoms with Crippen LogP contribution in [0.25, 0.3) is 0 Å². The van der Waals surface area contributed by atoms with E-state index in [1.165, 1.54) is 0 Å². The van der Waals surface area contributed by atoms with Crippen LogP contribution in [-0.4, -0.2) is 45.8 Å². The molecule has 1 aliphatic rings. The van der Waals surface area contributed by atoms with Gasteiger partial charge in [-0.25, -0.2) is 9.18 Å². The maximum absolute atomic E-state index is 12.5. The van der Waals surface area contributed by atoms with Crippen molar-refractivity contribution in [3.8, 4) is 0 Å². The summed E-state index contributed by atoms with van der Waals surface area (Å²) < 4.78 is 71.0. The minimum atomic E-state index is -5.30. The molecule has 1 heterocycles. The molecular weight excluding hydrogens is 269 g/mol. The highest BCUT2D eigenvalue weighted by Crippen LogP contribution is 2.24. The molecule has 0 aliphatic carbocycles. The zero-order chi connectivity index (χ0) is 13.1. The van der Waals surface area contributed by atoms with E-state index in [1.54, 1.807) is 0 Å². The van der Waals surface area contributed by atoms with Gasteiger partial charge in [-0.15, -0.1) is 0 Å². The van der Waals surface area contributed by atoms with Crippen molar-refractivity contribution in [1.82, 2.24) is 0 Å². The van der Waals surface area contributed by atoms with Gasteiger partial charge in [-0.2, -0.15) is 17.2 Å². The Labute approximate surface area is 94.8 Å². The fraction of sp³-hybridized carbons (Fsp3) is 0.857. The number of hydrogen-bond acceptors (Lipinski definition) is 6. The van der Waals surface area contributed by atoms with Gasteiger partial charge in [0.2, 0.25) is 0 Å². The van der Waals surface area contributed by atoms with Crippen LogP contribution >= 0.6 is 0 Å². The van der Waals surface area contributed by atoms with Gasteiger partial charge in [-0.3, -0.25) is 4.18 Å². The van der Waals surface area contributed by atoms with Crippen molar-refractivity contribution >= 4 is 16.3 Å². The van der Waals surface area contributed by atoms with Gasteiger partial charge in [0, 0.05) is 6.42 Å². The molecule has 0 spiro atoms. The quantitative estimate of drug-likeness (QED) is 0.528. The SMILES string of the molecule is O=C1OCC(CCOS(=O)(=O)C(F)(F)CF)O1. The zero-order valence-corrected chi connectivity index (χ0v) is 9.21. The van der Waals surface area contributed by atoms with Gasteiger partial charge in [0.05, 0.1) is 6.61 Å². The fourth-order valence-corrected chi connectivity index (χ4v) is 1.57. The number of halogens is 3. The summed E-state index contributed by atoms with van der Waals surface area (Å²) >= 11 is 0. The van der Waals surface area contributed by atoms with Crippen molar-refractivity contribution in [3.63, 3.8) is 0 Å². The average Bonchev–Trinajstić information content (AvgIpc) is 2.63. The van der Waals surface area contributed by atoms with Crippen molar-refractivity contribution in [2.75, 3.05) is 19.9 Å². The van der Waals surface area contributed by atoms with Crippen LogP contribution in [-0.2, 0) is 23.8 Å². The van der Waals surface area contributed by atoms with Crippen LogP contribution in [0.4, 0.5) is 18.0 Å². The molecule has 1 atom stereocenters. The van der Waals surface area contributed by atoms with Crippen LogP contribution in [0.1, 0.15) is 6.42 Å². The van der Waals surface area contributed by atoms with Crippen molar-refractivity contribution in [1.29, 1.82) is 0 Å². The smallest absolute Gasteiger partial charge is 0.430 e. The number of cyclic esters (lactones) is 2. The number of hydrogen-bond donors (Lipinski definition) is 0. The lowest BCUT2D eigenvalue weighted by molar-refractivity contribution is 0.0447. The molecular formula is C7H9F3O6S. The molecule has 6 nitrogen and oxygen atoms in total. The first-order valence-electron chi connectivity index (χ1n) is 4.44. The zero-order valence-electron chi connectivity index (χ0n) is 8.40.